The minimum atomic E-state index is 0. The maximum atomic E-state index is 6.16. The Kier molecular flexibility index (Phi) is 9.47. The first kappa shape index (κ1) is 24.6. The number of halogens is 1. The van der Waals surface area contributed by atoms with E-state index in [1.807, 2.05) is 13.1 Å². The maximum Gasteiger partial charge on any atom is 0.193 e. The molecule has 0 aromatic heterocycles. The van der Waals surface area contributed by atoms with E-state index >= 15 is 0 Å². The van der Waals surface area contributed by atoms with E-state index in [4.69, 9.17) is 9.47 Å². The minimum absolute atomic E-state index is 0. The molecular weight excluding hydrogens is 515 g/mol. The fraction of sp³-hybridized carbons (Fsp3) is 0.480. The highest BCUT2D eigenvalue weighted by atomic mass is 127. The standard InChI is InChI=1S/C25H34N4O2.HI/c1-26-25(27-19-21-10-7-17-31-24(21)20-8-4-3-5-9-20)29-15-13-28(14-16-29)22-11-6-12-23(18-22)30-2;/h3-6,8-9,11-12,18,21,24H,7,10,13-17,19H2,1-2H3,(H,26,27);1H. The summed E-state index contributed by atoms with van der Waals surface area (Å²) >= 11 is 0. The van der Waals surface area contributed by atoms with Crippen LogP contribution in [0.3, 0.4) is 0 Å². The Bertz CT molecular complexity index is 856. The molecule has 0 saturated carbocycles. The molecule has 0 spiro atoms. The Morgan fingerprint density at radius 3 is 2.59 bits per heavy atom. The number of piperazine rings is 1. The van der Waals surface area contributed by atoms with Crippen molar-refractivity contribution in [1.29, 1.82) is 0 Å². The first-order valence-corrected chi connectivity index (χ1v) is 11.3. The third kappa shape index (κ3) is 6.07. The van der Waals surface area contributed by atoms with Crippen molar-refractivity contribution >= 4 is 35.6 Å². The van der Waals surface area contributed by atoms with Crippen LogP contribution in [0.5, 0.6) is 5.75 Å². The molecule has 0 radical (unpaired) electrons. The summed E-state index contributed by atoms with van der Waals surface area (Å²) in [5.41, 5.74) is 2.49. The van der Waals surface area contributed by atoms with Crippen LogP contribution < -0.4 is 15.0 Å². The number of anilines is 1. The molecule has 2 aromatic rings. The molecule has 1 N–H and O–H groups in total. The van der Waals surface area contributed by atoms with Gasteiger partial charge in [-0.15, -0.1) is 24.0 Å². The Hall–Kier alpha value is -2.00. The van der Waals surface area contributed by atoms with Crippen LogP contribution in [-0.4, -0.2) is 64.3 Å². The molecule has 2 unspecified atom stereocenters. The van der Waals surface area contributed by atoms with Gasteiger partial charge in [-0.25, -0.2) is 0 Å². The highest BCUT2D eigenvalue weighted by molar-refractivity contribution is 14.0. The van der Waals surface area contributed by atoms with Crippen molar-refractivity contribution < 1.29 is 9.47 Å². The van der Waals surface area contributed by atoms with E-state index in [0.29, 0.717) is 5.92 Å². The second-order valence-electron chi connectivity index (χ2n) is 8.21. The lowest BCUT2D eigenvalue weighted by Crippen LogP contribution is -2.53. The van der Waals surface area contributed by atoms with Crippen molar-refractivity contribution in [1.82, 2.24) is 10.2 Å². The number of hydrogen-bond acceptors (Lipinski definition) is 4. The number of aliphatic imine (C=N–C) groups is 1. The lowest BCUT2D eigenvalue weighted by atomic mass is 9.89. The lowest BCUT2D eigenvalue weighted by Gasteiger charge is -2.38. The Morgan fingerprint density at radius 2 is 1.88 bits per heavy atom. The summed E-state index contributed by atoms with van der Waals surface area (Å²) in [6.07, 6.45) is 2.45. The van der Waals surface area contributed by atoms with Crippen LogP contribution in [0.1, 0.15) is 24.5 Å². The summed E-state index contributed by atoms with van der Waals surface area (Å²) in [6.45, 7) is 5.54. The van der Waals surface area contributed by atoms with Crippen molar-refractivity contribution in [2.24, 2.45) is 10.9 Å². The summed E-state index contributed by atoms with van der Waals surface area (Å²) in [5, 5.41) is 3.64. The monoisotopic (exact) mass is 550 g/mol. The van der Waals surface area contributed by atoms with Crippen LogP contribution in [0.4, 0.5) is 5.69 Å². The SMILES string of the molecule is CN=C(NCC1CCCOC1c1ccccc1)N1CCN(c2cccc(OC)c2)CC1.I. The van der Waals surface area contributed by atoms with Gasteiger partial charge in [0.25, 0.3) is 0 Å². The van der Waals surface area contributed by atoms with Gasteiger partial charge in [0.1, 0.15) is 5.75 Å². The first-order valence-electron chi connectivity index (χ1n) is 11.3. The van der Waals surface area contributed by atoms with E-state index < -0.39 is 0 Å². The average Bonchev–Trinajstić information content (AvgIpc) is 2.85. The summed E-state index contributed by atoms with van der Waals surface area (Å²) in [6, 6.07) is 18.9. The number of nitrogens with one attached hydrogen (secondary N) is 1. The van der Waals surface area contributed by atoms with Gasteiger partial charge in [0, 0.05) is 64.0 Å². The Morgan fingerprint density at radius 1 is 1.09 bits per heavy atom. The number of guanidine groups is 1. The molecule has 174 valence electrons. The summed E-state index contributed by atoms with van der Waals surface area (Å²) in [7, 11) is 3.59. The van der Waals surface area contributed by atoms with Crippen molar-refractivity contribution in [3.63, 3.8) is 0 Å². The molecule has 0 amide bonds. The molecule has 2 fully saturated rings. The second-order valence-corrected chi connectivity index (χ2v) is 8.21. The zero-order valence-electron chi connectivity index (χ0n) is 19.1. The molecule has 32 heavy (non-hydrogen) atoms. The number of benzene rings is 2. The van der Waals surface area contributed by atoms with Crippen LogP contribution in [-0.2, 0) is 4.74 Å². The smallest absolute Gasteiger partial charge is 0.193 e. The van der Waals surface area contributed by atoms with Gasteiger partial charge in [-0.1, -0.05) is 36.4 Å². The van der Waals surface area contributed by atoms with E-state index in [1.54, 1.807) is 7.11 Å². The highest BCUT2D eigenvalue weighted by Gasteiger charge is 2.28. The first-order chi connectivity index (χ1) is 15.3. The van der Waals surface area contributed by atoms with Crippen molar-refractivity contribution in [3.8, 4) is 5.75 Å². The van der Waals surface area contributed by atoms with Crippen molar-refractivity contribution in [2.45, 2.75) is 18.9 Å². The zero-order chi connectivity index (χ0) is 21.5. The third-order valence-electron chi connectivity index (χ3n) is 6.30. The number of hydrogen-bond donors (Lipinski definition) is 1. The molecular formula is C25H35IN4O2. The quantitative estimate of drug-likeness (QED) is 0.344. The molecule has 2 saturated heterocycles. The van der Waals surface area contributed by atoms with Crippen LogP contribution in [0.15, 0.2) is 59.6 Å². The largest absolute Gasteiger partial charge is 0.497 e. The molecule has 2 aliphatic heterocycles. The predicted octanol–water partition coefficient (Wildman–Crippen LogP) is 4.18. The van der Waals surface area contributed by atoms with Gasteiger partial charge in [0.05, 0.1) is 13.2 Å². The number of nitrogens with zero attached hydrogens (tertiary/aromatic N) is 3. The fourth-order valence-corrected chi connectivity index (χ4v) is 4.60. The molecule has 2 atom stereocenters. The van der Waals surface area contributed by atoms with Crippen molar-refractivity contribution in [2.75, 3.05) is 58.4 Å². The number of methoxy groups -OCH3 is 1. The highest BCUT2D eigenvalue weighted by Crippen LogP contribution is 2.33. The normalized spacial score (nSPS) is 21.6. The van der Waals surface area contributed by atoms with Gasteiger partial charge < -0.3 is 24.6 Å². The Balaban J connectivity index is 0.00000289. The molecule has 2 aliphatic rings. The second kappa shape index (κ2) is 12.3. The van der Waals surface area contributed by atoms with Gasteiger partial charge in [-0.05, 0) is 30.5 Å². The van der Waals surface area contributed by atoms with Crippen LogP contribution in [0.25, 0.3) is 0 Å². The van der Waals surface area contributed by atoms with E-state index in [-0.39, 0.29) is 30.1 Å². The van der Waals surface area contributed by atoms with Crippen LogP contribution in [0, 0.1) is 5.92 Å². The zero-order valence-corrected chi connectivity index (χ0v) is 21.4. The number of ether oxygens (including phenoxy) is 2. The lowest BCUT2D eigenvalue weighted by molar-refractivity contribution is -0.0266. The molecule has 6 nitrogen and oxygen atoms in total. The summed E-state index contributed by atoms with van der Waals surface area (Å²) in [4.78, 5) is 9.34. The van der Waals surface area contributed by atoms with Crippen molar-refractivity contribution in [3.05, 3.63) is 60.2 Å². The van der Waals surface area contributed by atoms with E-state index in [0.717, 1.165) is 57.5 Å². The van der Waals surface area contributed by atoms with E-state index in [9.17, 15) is 0 Å². The molecule has 2 aromatic carbocycles. The molecule has 2 heterocycles. The molecule has 7 heteroatoms. The molecule has 0 aliphatic carbocycles. The van der Waals surface area contributed by atoms with Gasteiger partial charge >= 0.3 is 0 Å². The van der Waals surface area contributed by atoms with E-state index in [2.05, 4.69) is 68.6 Å². The van der Waals surface area contributed by atoms with Gasteiger partial charge in [0.2, 0.25) is 0 Å². The third-order valence-corrected chi connectivity index (χ3v) is 6.30. The van der Waals surface area contributed by atoms with Crippen LogP contribution >= 0.6 is 24.0 Å². The maximum absolute atomic E-state index is 6.16. The van der Waals surface area contributed by atoms with Crippen LogP contribution in [0.2, 0.25) is 0 Å². The summed E-state index contributed by atoms with van der Waals surface area (Å²) in [5.74, 6) is 2.34. The van der Waals surface area contributed by atoms with E-state index in [1.165, 1.54) is 17.7 Å². The van der Waals surface area contributed by atoms with Gasteiger partial charge in [0.15, 0.2) is 5.96 Å². The summed E-state index contributed by atoms with van der Waals surface area (Å²) < 4.78 is 11.5. The minimum Gasteiger partial charge on any atom is -0.497 e. The average molecular weight is 550 g/mol. The number of rotatable bonds is 5. The van der Waals surface area contributed by atoms with Gasteiger partial charge in [-0.3, -0.25) is 4.99 Å². The predicted molar refractivity (Wildman–Crippen MR) is 141 cm³/mol. The van der Waals surface area contributed by atoms with Gasteiger partial charge in [-0.2, -0.15) is 0 Å². The topological polar surface area (TPSA) is 49.3 Å². The Labute approximate surface area is 209 Å². The molecule has 4 rings (SSSR count). The fourth-order valence-electron chi connectivity index (χ4n) is 4.60. The molecule has 0 bridgehead atoms.